The molecular formula is C16H12N2O4S. The van der Waals surface area contributed by atoms with Crippen LogP contribution in [0, 0.1) is 0 Å². The predicted octanol–water partition coefficient (Wildman–Crippen LogP) is 3.72. The second-order valence-corrected chi connectivity index (χ2v) is 6.60. The zero-order valence-electron chi connectivity index (χ0n) is 11.9. The highest BCUT2D eigenvalue weighted by Crippen LogP contribution is 2.40. The van der Waals surface area contributed by atoms with Gasteiger partial charge in [-0.2, -0.15) is 0 Å². The Balaban J connectivity index is 1.55. The summed E-state index contributed by atoms with van der Waals surface area (Å²) in [6, 6.07) is 8.56. The molecule has 0 saturated heterocycles. The summed E-state index contributed by atoms with van der Waals surface area (Å²) in [5.74, 6) is -0.129. The Morgan fingerprint density at radius 1 is 1.26 bits per heavy atom. The van der Waals surface area contributed by atoms with Crippen molar-refractivity contribution in [3.05, 3.63) is 46.7 Å². The Morgan fingerprint density at radius 3 is 2.83 bits per heavy atom. The van der Waals surface area contributed by atoms with Gasteiger partial charge < -0.3 is 14.9 Å². The smallest absolute Gasteiger partial charge is 0.345 e. The van der Waals surface area contributed by atoms with Gasteiger partial charge in [0.2, 0.25) is 0 Å². The van der Waals surface area contributed by atoms with Crippen LogP contribution >= 0.6 is 11.3 Å². The van der Waals surface area contributed by atoms with Crippen molar-refractivity contribution >= 4 is 39.0 Å². The Kier molecular flexibility index (Phi) is 3.16. The van der Waals surface area contributed by atoms with Gasteiger partial charge >= 0.3 is 5.97 Å². The number of amides is 1. The van der Waals surface area contributed by atoms with E-state index in [0.29, 0.717) is 11.6 Å². The third-order valence-electron chi connectivity index (χ3n) is 3.73. The van der Waals surface area contributed by atoms with Gasteiger partial charge in [0, 0.05) is 22.4 Å². The normalized spacial score (nSPS) is 14.1. The molecule has 2 N–H and O–H groups in total. The molecule has 7 heteroatoms. The number of carboxylic acid groups (broad SMARTS) is 1. The van der Waals surface area contributed by atoms with Crippen molar-refractivity contribution < 1.29 is 19.2 Å². The SMILES string of the molecule is O=C(Nc1ccc2sc(C(=O)O)cc2c1)c1cc(C2CC2)on1. The lowest BCUT2D eigenvalue weighted by atomic mass is 10.2. The Hall–Kier alpha value is -2.67. The summed E-state index contributed by atoms with van der Waals surface area (Å²) >= 11 is 1.20. The van der Waals surface area contributed by atoms with E-state index in [1.807, 2.05) is 0 Å². The number of fused-ring (bicyclic) bond motifs is 1. The molecule has 116 valence electrons. The molecular weight excluding hydrogens is 316 g/mol. The number of aromatic carboxylic acids is 1. The van der Waals surface area contributed by atoms with Crippen LogP contribution in [-0.2, 0) is 0 Å². The topological polar surface area (TPSA) is 92.4 Å². The third-order valence-corrected chi connectivity index (χ3v) is 4.83. The summed E-state index contributed by atoms with van der Waals surface area (Å²) in [5, 5.41) is 16.4. The van der Waals surface area contributed by atoms with E-state index >= 15 is 0 Å². The van der Waals surface area contributed by atoms with Gasteiger partial charge in [0.25, 0.3) is 5.91 Å². The van der Waals surface area contributed by atoms with Gasteiger partial charge in [-0.25, -0.2) is 4.79 Å². The molecule has 0 spiro atoms. The molecule has 2 aromatic heterocycles. The van der Waals surface area contributed by atoms with E-state index < -0.39 is 5.97 Å². The number of carbonyl (C=O) groups excluding carboxylic acids is 1. The minimum Gasteiger partial charge on any atom is -0.477 e. The standard InChI is InChI=1S/C16H12N2O4S/c19-15(11-7-12(22-18-11)8-1-2-8)17-10-3-4-13-9(5-10)6-14(23-13)16(20)21/h3-8H,1-2H2,(H,17,19)(H,20,21). The molecule has 6 nitrogen and oxygen atoms in total. The number of carbonyl (C=O) groups is 2. The second kappa shape index (κ2) is 5.20. The van der Waals surface area contributed by atoms with Crippen LogP contribution in [0.5, 0.6) is 0 Å². The van der Waals surface area contributed by atoms with E-state index in [2.05, 4.69) is 10.5 Å². The molecule has 23 heavy (non-hydrogen) atoms. The monoisotopic (exact) mass is 328 g/mol. The molecule has 0 aliphatic heterocycles. The molecule has 1 aliphatic rings. The fraction of sp³-hybridized carbons (Fsp3) is 0.188. The first-order chi connectivity index (χ1) is 11.1. The maximum Gasteiger partial charge on any atom is 0.345 e. The number of benzene rings is 1. The highest BCUT2D eigenvalue weighted by atomic mass is 32.1. The van der Waals surface area contributed by atoms with E-state index in [0.717, 1.165) is 28.7 Å². The highest BCUT2D eigenvalue weighted by Gasteiger charge is 2.28. The van der Waals surface area contributed by atoms with Gasteiger partial charge in [0.1, 0.15) is 10.6 Å². The fourth-order valence-corrected chi connectivity index (χ4v) is 3.26. The zero-order chi connectivity index (χ0) is 16.0. The van der Waals surface area contributed by atoms with Crippen LogP contribution < -0.4 is 5.32 Å². The number of rotatable bonds is 4. The maximum absolute atomic E-state index is 12.2. The van der Waals surface area contributed by atoms with E-state index in [4.69, 9.17) is 9.63 Å². The van der Waals surface area contributed by atoms with Crippen LogP contribution in [-0.4, -0.2) is 22.1 Å². The molecule has 0 radical (unpaired) electrons. The molecule has 0 bridgehead atoms. The van der Waals surface area contributed by atoms with Crippen molar-refractivity contribution in [2.24, 2.45) is 0 Å². The summed E-state index contributed by atoms with van der Waals surface area (Å²) in [6.07, 6.45) is 2.16. The number of nitrogens with zero attached hydrogens (tertiary/aromatic N) is 1. The number of aromatic nitrogens is 1. The number of carboxylic acids is 1. The number of hydrogen-bond acceptors (Lipinski definition) is 5. The van der Waals surface area contributed by atoms with Crippen LogP contribution in [0.2, 0.25) is 0 Å². The van der Waals surface area contributed by atoms with E-state index in [-0.39, 0.29) is 16.5 Å². The van der Waals surface area contributed by atoms with Gasteiger partial charge in [0.05, 0.1) is 0 Å². The molecule has 0 atom stereocenters. The lowest BCUT2D eigenvalue weighted by Gasteiger charge is -2.02. The predicted molar refractivity (Wildman–Crippen MR) is 85.2 cm³/mol. The first kappa shape index (κ1) is 14.0. The number of anilines is 1. The Bertz CT molecular complexity index is 923. The molecule has 1 amide bonds. The fourth-order valence-electron chi connectivity index (χ4n) is 2.38. The summed E-state index contributed by atoms with van der Waals surface area (Å²) < 4.78 is 6.03. The summed E-state index contributed by atoms with van der Waals surface area (Å²) in [5.41, 5.74) is 0.844. The maximum atomic E-state index is 12.2. The Labute approximate surface area is 134 Å². The van der Waals surface area contributed by atoms with Gasteiger partial charge in [-0.1, -0.05) is 5.16 Å². The zero-order valence-corrected chi connectivity index (χ0v) is 12.7. The van der Waals surface area contributed by atoms with Gasteiger partial charge in [-0.3, -0.25) is 4.79 Å². The molecule has 1 aliphatic carbocycles. The minimum atomic E-state index is -0.952. The van der Waals surface area contributed by atoms with E-state index in [9.17, 15) is 9.59 Å². The molecule has 1 fully saturated rings. The Morgan fingerprint density at radius 2 is 2.09 bits per heavy atom. The summed E-state index contributed by atoms with van der Waals surface area (Å²) in [4.78, 5) is 23.5. The largest absolute Gasteiger partial charge is 0.477 e. The second-order valence-electron chi connectivity index (χ2n) is 5.51. The lowest BCUT2D eigenvalue weighted by Crippen LogP contribution is -2.11. The molecule has 2 heterocycles. The molecule has 4 rings (SSSR count). The molecule has 1 saturated carbocycles. The number of hydrogen-bond donors (Lipinski definition) is 2. The highest BCUT2D eigenvalue weighted by molar-refractivity contribution is 7.20. The number of nitrogens with one attached hydrogen (secondary N) is 1. The van der Waals surface area contributed by atoms with Crippen LogP contribution in [0.1, 0.15) is 44.7 Å². The molecule has 3 aromatic rings. The van der Waals surface area contributed by atoms with Crippen molar-refractivity contribution in [2.75, 3.05) is 5.32 Å². The molecule has 0 unspecified atom stereocenters. The average molecular weight is 328 g/mol. The van der Waals surface area contributed by atoms with Crippen LogP contribution in [0.15, 0.2) is 34.9 Å². The van der Waals surface area contributed by atoms with Crippen molar-refractivity contribution in [1.82, 2.24) is 5.16 Å². The van der Waals surface area contributed by atoms with Crippen molar-refractivity contribution in [3.8, 4) is 0 Å². The van der Waals surface area contributed by atoms with Crippen LogP contribution in [0.3, 0.4) is 0 Å². The average Bonchev–Trinajstić information content (AvgIpc) is 3.10. The lowest BCUT2D eigenvalue weighted by molar-refractivity contribution is 0.0702. The summed E-state index contributed by atoms with van der Waals surface area (Å²) in [7, 11) is 0. The van der Waals surface area contributed by atoms with E-state index in [1.165, 1.54) is 11.3 Å². The molecule has 1 aromatic carbocycles. The first-order valence-corrected chi connectivity index (χ1v) is 7.96. The van der Waals surface area contributed by atoms with E-state index in [1.54, 1.807) is 30.3 Å². The number of thiophene rings is 1. The third kappa shape index (κ3) is 2.70. The van der Waals surface area contributed by atoms with Gasteiger partial charge in [0.15, 0.2) is 5.69 Å². The van der Waals surface area contributed by atoms with Crippen molar-refractivity contribution in [3.63, 3.8) is 0 Å². The van der Waals surface area contributed by atoms with Crippen LogP contribution in [0.4, 0.5) is 5.69 Å². The quantitative estimate of drug-likeness (QED) is 0.761. The van der Waals surface area contributed by atoms with Crippen molar-refractivity contribution in [2.45, 2.75) is 18.8 Å². The first-order valence-electron chi connectivity index (χ1n) is 7.15. The summed E-state index contributed by atoms with van der Waals surface area (Å²) in [6.45, 7) is 0. The van der Waals surface area contributed by atoms with Gasteiger partial charge in [-0.15, -0.1) is 11.3 Å². The minimum absolute atomic E-state index is 0.253. The van der Waals surface area contributed by atoms with Crippen LogP contribution in [0.25, 0.3) is 10.1 Å². The van der Waals surface area contributed by atoms with Gasteiger partial charge in [-0.05, 0) is 42.5 Å². The van der Waals surface area contributed by atoms with Crippen molar-refractivity contribution in [1.29, 1.82) is 0 Å².